The lowest BCUT2D eigenvalue weighted by atomic mass is 9.82. The van der Waals surface area contributed by atoms with Gasteiger partial charge in [0, 0.05) is 11.7 Å². The summed E-state index contributed by atoms with van der Waals surface area (Å²) in [7, 11) is -1.66. The van der Waals surface area contributed by atoms with Crippen LogP contribution >= 0.6 is 22.6 Å². The van der Waals surface area contributed by atoms with Crippen molar-refractivity contribution >= 4 is 35.2 Å². The Hall–Kier alpha value is -0.205. The van der Waals surface area contributed by atoms with Gasteiger partial charge in [-0.15, -0.1) is 0 Å². The zero-order chi connectivity index (χ0) is 8.43. The van der Waals surface area contributed by atoms with Crippen LogP contribution in [0.4, 0.5) is 4.39 Å². The molecule has 3 nitrogen and oxygen atoms in total. The number of rotatable bonds is 1. The zero-order valence-corrected chi connectivity index (χ0v) is 7.49. The molecule has 1 aromatic rings. The molecule has 0 aliphatic heterocycles. The summed E-state index contributed by atoms with van der Waals surface area (Å²) in [6.45, 7) is 0. The van der Waals surface area contributed by atoms with Gasteiger partial charge in [-0.2, -0.15) is 0 Å². The molecule has 0 spiro atoms. The first kappa shape index (κ1) is 8.89. The van der Waals surface area contributed by atoms with Crippen LogP contribution in [0.5, 0.6) is 0 Å². The number of halogens is 2. The molecule has 1 aromatic heterocycles. The molecule has 0 saturated heterocycles. The minimum absolute atomic E-state index is 0.0885. The highest BCUT2D eigenvalue weighted by Crippen LogP contribution is 2.05. The monoisotopic (exact) mass is 267 g/mol. The summed E-state index contributed by atoms with van der Waals surface area (Å²) >= 11 is 1.69. The summed E-state index contributed by atoms with van der Waals surface area (Å²) in [4.78, 5) is 3.47. The molecule has 0 unspecified atom stereocenters. The Balaban J connectivity index is 3.17. The van der Waals surface area contributed by atoms with E-state index in [-0.39, 0.29) is 9.03 Å². The average molecular weight is 267 g/mol. The van der Waals surface area contributed by atoms with Crippen LogP contribution < -0.4 is 5.46 Å². The van der Waals surface area contributed by atoms with Crippen LogP contribution in [0, 0.1) is 9.39 Å². The van der Waals surface area contributed by atoms with Gasteiger partial charge in [0.25, 0.3) is 0 Å². The first-order valence-electron chi connectivity index (χ1n) is 2.78. The summed E-state index contributed by atoms with van der Waals surface area (Å²) < 4.78 is 12.8. The van der Waals surface area contributed by atoms with Gasteiger partial charge in [-0.05, 0) is 22.6 Å². The zero-order valence-electron chi connectivity index (χ0n) is 5.33. The molecule has 58 valence electrons. The maximum absolute atomic E-state index is 12.6. The van der Waals surface area contributed by atoms with Gasteiger partial charge in [0.15, 0.2) is 5.82 Å². The molecule has 1 heterocycles. The Morgan fingerprint density at radius 1 is 1.45 bits per heavy atom. The topological polar surface area (TPSA) is 53.4 Å². The number of pyridine rings is 1. The van der Waals surface area contributed by atoms with Gasteiger partial charge in [0.1, 0.15) is 0 Å². The van der Waals surface area contributed by atoms with Gasteiger partial charge < -0.3 is 10.0 Å². The summed E-state index contributed by atoms with van der Waals surface area (Å²) in [6, 6.07) is 0. The number of nitrogens with zero attached hydrogens (tertiary/aromatic N) is 1. The van der Waals surface area contributed by atoms with Crippen molar-refractivity contribution in [2.45, 2.75) is 0 Å². The molecule has 0 aliphatic carbocycles. The third-order valence-corrected chi connectivity index (χ3v) is 2.28. The van der Waals surface area contributed by atoms with Gasteiger partial charge in [-0.3, -0.25) is 4.98 Å². The number of hydrogen-bond donors (Lipinski definition) is 2. The first-order chi connectivity index (χ1) is 5.13. The smallest absolute Gasteiger partial charge is 0.423 e. The Morgan fingerprint density at radius 2 is 2.09 bits per heavy atom. The van der Waals surface area contributed by atoms with Gasteiger partial charge in [-0.1, -0.05) is 0 Å². The Morgan fingerprint density at radius 3 is 2.55 bits per heavy atom. The Bertz CT molecular complexity index is 271. The number of aromatic nitrogens is 1. The van der Waals surface area contributed by atoms with Crippen molar-refractivity contribution in [2.75, 3.05) is 0 Å². The maximum atomic E-state index is 12.6. The highest BCUT2D eigenvalue weighted by atomic mass is 127. The molecule has 0 amide bonds. The van der Waals surface area contributed by atoms with E-state index in [9.17, 15) is 4.39 Å². The van der Waals surface area contributed by atoms with Gasteiger partial charge in [0.2, 0.25) is 0 Å². The van der Waals surface area contributed by atoms with E-state index in [4.69, 9.17) is 10.0 Å². The largest absolute Gasteiger partial charge is 0.491 e. The maximum Gasteiger partial charge on any atom is 0.491 e. The quantitative estimate of drug-likeness (QED) is 0.533. The molecule has 0 saturated carbocycles. The fourth-order valence-electron chi connectivity index (χ4n) is 0.614. The molecule has 0 aliphatic rings. The third kappa shape index (κ3) is 1.88. The first-order valence-corrected chi connectivity index (χ1v) is 3.86. The van der Waals surface area contributed by atoms with E-state index < -0.39 is 12.9 Å². The predicted octanol–water partition coefficient (Wildman–Crippen LogP) is -0.495. The molecular formula is C5H4BFINO2. The SMILES string of the molecule is OB(O)c1cncc(F)c1I. The molecule has 0 aromatic carbocycles. The van der Waals surface area contributed by atoms with Crippen LogP contribution in [0.15, 0.2) is 12.4 Å². The van der Waals surface area contributed by atoms with Crippen LogP contribution in [0.25, 0.3) is 0 Å². The average Bonchev–Trinajstić information content (AvgIpc) is 1.94. The van der Waals surface area contributed by atoms with E-state index in [0.29, 0.717) is 0 Å². The van der Waals surface area contributed by atoms with Crippen LogP contribution in [-0.2, 0) is 0 Å². The second-order valence-electron chi connectivity index (χ2n) is 1.90. The van der Waals surface area contributed by atoms with Crippen LogP contribution in [0.2, 0.25) is 0 Å². The molecule has 0 fully saturated rings. The number of hydrogen-bond acceptors (Lipinski definition) is 3. The summed E-state index contributed by atoms with van der Waals surface area (Å²) in [5, 5.41) is 17.3. The minimum atomic E-state index is -1.66. The molecule has 11 heavy (non-hydrogen) atoms. The molecule has 1 rings (SSSR count). The summed E-state index contributed by atoms with van der Waals surface area (Å²) in [5.41, 5.74) is 0.0885. The van der Waals surface area contributed by atoms with E-state index in [1.807, 2.05) is 0 Å². The molecular weight excluding hydrogens is 263 g/mol. The second-order valence-corrected chi connectivity index (χ2v) is 2.98. The fraction of sp³-hybridized carbons (Fsp3) is 0. The lowest BCUT2D eigenvalue weighted by molar-refractivity contribution is 0.425. The van der Waals surface area contributed by atoms with Crippen molar-refractivity contribution in [3.05, 3.63) is 21.8 Å². The van der Waals surface area contributed by atoms with Crippen molar-refractivity contribution in [3.63, 3.8) is 0 Å². The van der Waals surface area contributed by atoms with Gasteiger partial charge >= 0.3 is 7.12 Å². The van der Waals surface area contributed by atoms with Crippen molar-refractivity contribution in [1.29, 1.82) is 0 Å². The lowest BCUT2D eigenvalue weighted by Crippen LogP contribution is -2.33. The van der Waals surface area contributed by atoms with Crippen molar-refractivity contribution in [2.24, 2.45) is 0 Å². The summed E-state index contributed by atoms with van der Waals surface area (Å²) in [5.74, 6) is -0.545. The van der Waals surface area contributed by atoms with E-state index in [0.717, 1.165) is 6.20 Å². The predicted molar refractivity (Wildman–Crippen MR) is 46.7 cm³/mol. The van der Waals surface area contributed by atoms with Crippen LogP contribution in [0.3, 0.4) is 0 Å². The Labute approximate surface area is 76.6 Å². The summed E-state index contributed by atoms with van der Waals surface area (Å²) in [6.07, 6.45) is 2.24. The minimum Gasteiger partial charge on any atom is -0.423 e. The lowest BCUT2D eigenvalue weighted by Gasteiger charge is -2.01. The van der Waals surface area contributed by atoms with E-state index in [1.54, 1.807) is 22.6 Å². The highest BCUT2D eigenvalue weighted by molar-refractivity contribution is 14.1. The Kier molecular flexibility index (Phi) is 2.80. The molecule has 2 N–H and O–H groups in total. The third-order valence-electron chi connectivity index (χ3n) is 1.14. The standard InChI is InChI=1S/C5H4BFINO2/c7-4-2-9-1-3(5(4)8)6(10)11/h1-2,10-11H. The van der Waals surface area contributed by atoms with E-state index >= 15 is 0 Å². The molecule has 0 radical (unpaired) electrons. The van der Waals surface area contributed by atoms with Crippen LogP contribution in [0.1, 0.15) is 0 Å². The van der Waals surface area contributed by atoms with E-state index in [2.05, 4.69) is 4.98 Å². The van der Waals surface area contributed by atoms with Gasteiger partial charge in [0.05, 0.1) is 9.77 Å². The fourth-order valence-corrected chi connectivity index (χ4v) is 1.17. The second kappa shape index (κ2) is 3.46. The van der Waals surface area contributed by atoms with Gasteiger partial charge in [-0.25, -0.2) is 4.39 Å². The van der Waals surface area contributed by atoms with Crippen molar-refractivity contribution < 1.29 is 14.4 Å². The molecule has 6 heteroatoms. The van der Waals surface area contributed by atoms with Crippen molar-refractivity contribution in [1.82, 2.24) is 4.98 Å². The van der Waals surface area contributed by atoms with E-state index in [1.165, 1.54) is 6.20 Å². The van der Waals surface area contributed by atoms with Crippen molar-refractivity contribution in [3.8, 4) is 0 Å². The highest BCUT2D eigenvalue weighted by Gasteiger charge is 2.17. The molecule has 0 atom stereocenters. The molecule has 0 bridgehead atoms. The van der Waals surface area contributed by atoms with Crippen LogP contribution in [-0.4, -0.2) is 22.2 Å². The normalized spacial score (nSPS) is 9.82.